The van der Waals surface area contributed by atoms with Gasteiger partial charge < -0.3 is 14.6 Å². The first-order chi connectivity index (χ1) is 12.3. The second kappa shape index (κ2) is 7.06. The number of benzene rings is 1. The first-order valence-corrected chi connectivity index (χ1v) is 9.14. The van der Waals surface area contributed by atoms with Crippen molar-refractivity contribution < 1.29 is 9.21 Å². The molecule has 2 aromatic heterocycles. The van der Waals surface area contributed by atoms with Crippen molar-refractivity contribution in [2.24, 2.45) is 0 Å². The standard InChI is InChI=1S/C18H18N4O2S/c23-16(17-20-12-15(24-17)13-4-2-1-3-5-13)21-14-6-9-22(10-7-14)18-19-8-11-25-18/h1-5,8,11-12,14H,6-7,9-10H2,(H,21,23). The molecule has 1 N–H and O–H groups in total. The Morgan fingerprint density at radius 3 is 2.72 bits per heavy atom. The minimum absolute atomic E-state index is 0.112. The highest BCUT2D eigenvalue weighted by molar-refractivity contribution is 7.13. The number of thiazole rings is 1. The van der Waals surface area contributed by atoms with Gasteiger partial charge in [-0.25, -0.2) is 9.97 Å². The molecule has 25 heavy (non-hydrogen) atoms. The lowest BCUT2D eigenvalue weighted by atomic mass is 10.1. The second-order valence-electron chi connectivity index (χ2n) is 5.95. The van der Waals surface area contributed by atoms with E-state index in [1.54, 1.807) is 17.5 Å². The number of hydrogen-bond donors (Lipinski definition) is 1. The van der Waals surface area contributed by atoms with E-state index in [0.29, 0.717) is 5.76 Å². The predicted molar refractivity (Wildman–Crippen MR) is 96.8 cm³/mol. The smallest absolute Gasteiger partial charge is 0.307 e. The van der Waals surface area contributed by atoms with Crippen LogP contribution in [0, 0.1) is 0 Å². The number of rotatable bonds is 4. The third-order valence-corrected chi connectivity index (χ3v) is 5.11. The maximum absolute atomic E-state index is 12.4. The largest absolute Gasteiger partial charge is 0.432 e. The summed E-state index contributed by atoms with van der Waals surface area (Å²) in [4.78, 5) is 23.1. The van der Waals surface area contributed by atoms with Gasteiger partial charge in [0.2, 0.25) is 0 Å². The third kappa shape index (κ3) is 3.56. The van der Waals surface area contributed by atoms with Crippen molar-refractivity contribution in [2.45, 2.75) is 18.9 Å². The number of nitrogens with zero attached hydrogens (tertiary/aromatic N) is 3. The summed E-state index contributed by atoms with van der Waals surface area (Å²) in [5, 5.41) is 6.06. The van der Waals surface area contributed by atoms with E-state index in [9.17, 15) is 4.79 Å². The van der Waals surface area contributed by atoms with Gasteiger partial charge in [-0.05, 0) is 12.8 Å². The first-order valence-electron chi connectivity index (χ1n) is 8.26. The molecule has 1 aromatic carbocycles. The molecule has 0 unspecified atom stereocenters. The van der Waals surface area contributed by atoms with E-state index in [2.05, 4.69) is 20.2 Å². The van der Waals surface area contributed by atoms with Crippen molar-refractivity contribution in [3.05, 3.63) is 54.0 Å². The van der Waals surface area contributed by atoms with Crippen LogP contribution in [0.4, 0.5) is 5.13 Å². The molecule has 4 rings (SSSR count). The molecule has 1 aliphatic rings. The van der Waals surface area contributed by atoms with Gasteiger partial charge in [-0.2, -0.15) is 0 Å². The molecule has 0 aliphatic carbocycles. The van der Waals surface area contributed by atoms with E-state index in [1.165, 1.54) is 0 Å². The Bertz CT molecular complexity index is 824. The minimum atomic E-state index is -0.255. The van der Waals surface area contributed by atoms with Crippen molar-refractivity contribution in [1.29, 1.82) is 0 Å². The molecule has 1 amide bonds. The van der Waals surface area contributed by atoms with E-state index in [1.807, 2.05) is 41.9 Å². The molecule has 1 saturated heterocycles. The zero-order chi connectivity index (χ0) is 17.1. The number of anilines is 1. The summed E-state index contributed by atoms with van der Waals surface area (Å²) < 4.78 is 5.61. The zero-order valence-electron chi connectivity index (χ0n) is 13.6. The lowest BCUT2D eigenvalue weighted by molar-refractivity contribution is 0.0897. The van der Waals surface area contributed by atoms with Crippen molar-refractivity contribution >= 4 is 22.4 Å². The van der Waals surface area contributed by atoms with Crippen LogP contribution in [0.5, 0.6) is 0 Å². The molecule has 3 heterocycles. The molecule has 7 heteroatoms. The average Bonchev–Trinajstić information content (AvgIpc) is 3.35. The average molecular weight is 354 g/mol. The maximum atomic E-state index is 12.4. The van der Waals surface area contributed by atoms with Gasteiger partial charge in [0.05, 0.1) is 6.20 Å². The van der Waals surface area contributed by atoms with E-state index in [-0.39, 0.29) is 17.8 Å². The summed E-state index contributed by atoms with van der Waals surface area (Å²) in [5.41, 5.74) is 0.908. The Balaban J connectivity index is 1.35. The summed E-state index contributed by atoms with van der Waals surface area (Å²) in [5.74, 6) is 0.459. The highest BCUT2D eigenvalue weighted by Gasteiger charge is 2.24. The Morgan fingerprint density at radius 2 is 2.00 bits per heavy atom. The fourth-order valence-corrected chi connectivity index (χ4v) is 3.65. The summed E-state index contributed by atoms with van der Waals surface area (Å²) in [7, 11) is 0. The van der Waals surface area contributed by atoms with Crippen molar-refractivity contribution in [3.8, 4) is 11.3 Å². The topological polar surface area (TPSA) is 71.3 Å². The van der Waals surface area contributed by atoms with Crippen LogP contribution in [0.15, 0.2) is 52.5 Å². The van der Waals surface area contributed by atoms with Gasteiger partial charge in [-0.3, -0.25) is 4.79 Å². The Labute approximate surface area is 149 Å². The molecule has 1 aliphatic heterocycles. The highest BCUT2D eigenvalue weighted by atomic mass is 32.1. The van der Waals surface area contributed by atoms with Gasteiger partial charge in [0.1, 0.15) is 0 Å². The zero-order valence-corrected chi connectivity index (χ0v) is 14.4. The summed E-state index contributed by atoms with van der Waals surface area (Å²) in [6.07, 6.45) is 5.19. The molecular formula is C18H18N4O2S. The predicted octanol–water partition coefficient (Wildman–Crippen LogP) is 3.20. The number of carbonyl (C=O) groups excluding carboxylic acids is 1. The SMILES string of the molecule is O=C(NC1CCN(c2nccs2)CC1)c1ncc(-c2ccccc2)o1. The van der Waals surface area contributed by atoms with Crippen LogP contribution in [-0.2, 0) is 0 Å². The normalized spacial score (nSPS) is 15.3. The van der Waals surface area contributed by atoms with Crippen LogP contribution < -0.4 is 10.2 Å². The first kappa shape index (κ1) is 15.8. The quantitative estimate of drug-likeness (QED) is 0.779. The van der Waals surface area contributed by atoms with Crippen molar-refractivity contribution in [2.75, 3.05) is 18.0 Å². The summed E-state index contributed by atoms with van der Waals surface area (Å²) >= 11 is 1.64. The number of hydrogen-bond acceptors (Lipinski definition) is 6. The Morgan fingerprint density at radius 1 is 1.20 bits per heavy atom. The van der Waals surface area contributed by atoms with E-state index >= 15 is 0 Å². The van der Waals surface area contributed by atoms with Crippen molar-refractivity contribution in [1.82, 2.24) is 15.3 Å². The molecule has 6 nitrogen and oxygen atoms in total. The lowest BCUT2D eigenvalue weighted by Crippen LogP contribution is -2.44. The molecule has 0 spiro atoms. The number of amides is 1. The van der Waals surface area contributed by atoms with Gasteiger partial charge in [0.15, 0.2) is 10.9 Å². The highest BCUT2D eigenvalue weighted by Crippen LogP contribution is 2.23. The van der Waals surface area contributed by atoms with Crippen LogP contribution in [0.3, 0.4) is 0 Å². The van der Waals surface area contributed by atoms with Gasteiger partial charge in [0.25, 0.3) is 5.89 Å². The Kier molecular flexibility index (Phi) is 4.47. The molecule has 1 fully saturated rings. The fraction of sp³-hybridized carbons (Fsp3) is 0.278. The number of piperidine rings is 1. The fourth-order valence-electron chi connectivity index (χ4n) is 2.95. The summed E-state index contributed by atoms with van der Waals surface area (Å²) in [6, 6.07) is 9.77. The van der Waals surface area contributed by atoms with Gasteiger partial charge in [0, 0.05) is 36.3 Å². The molecule has 0 radical (unpaired) electrons. The van der Waals surface area contributed by atoms with Gasteiger partial charge >= 0.3 is 5.91 Å². The maximum Gasteiger partial charge on any atom is 0.307 e. The lowest BCUT2D eigenvalue weighted by Gasteiger charge is -2.31. The second-order valence-corrected chi connectivity index (χ2v) is 6.82. The van der Waals surface area contributed by atoms with Crippen molar-refractivity contribution in [3.63, 3.8) is 0 Å². The number of aromatic nitrogens is 2. The minimum Gasteiger partial charge on any atom is -0.432 e. The molecule has 0 saturated carbocycles. The van der Waals surface area contributed by atoms with Gasteiger partial charge in [-0.15, -0.1) is 11.3 Å². The molecule has 128 valence electrons. The van der Waals surface area contributed by atoms with Crippen LogP contribution >= 0.6 is 11.3 Å². The Hall–Kier alpha value is -2.67. The van der Waals surface area contributed by atoms with Crippen LogP contribution in [0.1, 0.15) is 23.5 Å². The van der Waals surface area contributed by atoms with E-state index < -0.39 is 0 Å². The molecule has 0 bridgehead atoms. The molecular weight excluding hydrogens is 336 g/mol. The van der Waals surface area contributed by atoms with Crippen LogP contribution in [0.2, 0.25) is 0 Å². The number of carbonyl (C=O) groups is 1. The monoisotopic (exact) mass is 354 g/mol. The summed E-state index contributed by atoms with van der Waals surface area (Å²) in [6.45, 7) is 1.78. The number of oxazole rings is 1. The third-order valence-electron chi connectivity index (χ3n) is 4.28. The van der Waals surface area contributed by atoms with Crippen LogP contribution in [-0.4, -0.2) is 35.0 Å². The molecule has 0 atom stereocenters. The van der Waals surface area contributed by atoms with E-state index in [0.717, 1.165) is 36.6 Å². The van der Waals surface area contributed by atoms with E-state index in [4.69, 9.17) is 4.42 Å². The molecule has 3 aromatic rings. The number of nitrogens with one attached hydrogen (secondary N) is 1. The van der Waals surface area contributed by atoms with Gasteiger partial charge in [-0.1, -0.05) is 30.3 Å². The van der Waals surface area contributed by atoms with Crippen LogP contribution in [0.25, 0.3) is 11.3 Å².